The Hall–Kier alpha value is -1.55. The first kappa shape index (κ1) is 12.5. The van der Waals surface area contributed by atoms with Crippen molar-refractivity contribution in [1.82, 2.24) is 10.2 Å². The minimum Gasteiger partial charge on any atom is -0.349 e. The lowest BCUT2D eigenvalue weighted by molar-refractivity contribution is -0.119. The van der Waals surface area contributed by atoms with Gasteiger partial charge in [-0.1, -0.05) is 29.8 Å². The molecule has 1 amide bonds. The molecule has 5 heteroatoms. The lowest BCUT2D eigenvalue weighted by Crippen LogP contribution is -2.40. The van der Waals surface area contributed by atoms with E-state index in [2.05, 4.69) is 5.32 Å². The summed E-state index contributed by atoms with van der Waals surface area (Å²) >= 11 is 5.92. The smallest absolute Gasteiger partial charge is 0.231 e. The summed E-state index contributed by atoms with van der Waals surface area (Å²) in [6.45, 7) is 0. The van der Waals surface area contributed by atoms with Gasteiger partial charge in [-0.15, -0.1) is 0 Å². The second-order valence-electron chi connectivity index (χ2n) is 3.56. The first-order valence-electron chi connectivity index (χ1n) is 4.80. The molecule has 0 unspecified atom stereocenters. The SMILES string of the molecule is CN(C)C(=N)NC(=O)Cc1ccccc1Cl. The van der Waals surface area contributed by atoms with E-state index in [9.17, 15) is 4.79 Å². The summed E-state index contributed by atoms with van der Waals surface area (Å²) in [5, 5.41) is 10.5. The number of benzene rings is 1. The molecule has 0 aliphatic heterocycles. The standard InChI is InChI=1S/C11H14ClN3O/c1-15(2)11(13)14-10(16)7-8-5-3-4-6-9(8)12/h3-6H,7H2,1-2H3,(H2,13,14,16). The summed E-state index contributed by atoms with van der Waals surface area (Å²) in [5.74, 6) is -0.177. The highest BCUT2D eigenvalue weighted by atomic mass is 35.5. The molecule has 0 fully saturated rings. The van der Waals surface area contributed by atoms with Crippen molar-refractivity contribution in [3.63, 3.8) is 0 Å². The fourth-order valence-corrected chi connectivity index (χ4v) is 1.31. The maximum atomic E-state index is 11.5. The molecule has 0 heterocycles. The normalized spacial score (nSPS) is 9.69. The molecule has 1 rings (SSSR count). The largest absolute Gasteiger partial charge is 0.349 e. The Morgan fingerprint density at radius 2 is 2.06 bits per heavy atom. The molecule has 0 bridgehead atoms. The van der Waals surface area contributed by atoms with Crippen LogP contribution in [0, 0.1) is 5.41 Å². The summed E-state index contributed by atoms with van der Waals surface area (Å²) in [6.07, 6.45) is 0.176. The maximum absolute atomic E-state index is 11.5. The predicted molar refractivity (Wildman–Crippen MR) is 64.7 cm³/mol. The third kappa shape index (κ3) is 3.55. The fourth-order valence-electron chi connectivity index (χ4n) is 1.10. The number of nitrogens with one attached hydrogen (secondary N) is 2. The molecule has 1 aromatic carbocycles. The number of rotatable bonds is 2. The second-order valence-corrected chi connectivity index (χ2v) is 3.97. The van der Waals surface area contributed by atoms with Crippen LogP contribution in [0.2, 0.25) is 5.02 Å². The van der Waals surface area contributed by atoms with Gasteiger partial charge in [-0.2, -0.15) is 0 Å². The van der Waals surface area contributed by atoms with Crippen molar-refractivity contribution in [2.24, 2.45) is 0 Å². The molecule has 1 aromatic rings. The van der Waals surface area contributed by atoms with Crippen molar-refractivity contribution < 1.29 is 4.79 Å². The molecular formula is C11H14ClN3O. The Balaban J connectivity index is 2.59. The van der Waals surface area contributed by atoms with Crippen molar-refractivity contribution in [2.45, 2.75) is 6.42 Å². The minimum atomic E-state index is -0.244. The summed E-state index contributed by atoms with van der Waals surface area (Å²) in [5.41, 5.74) is 0.758. The minimum absolute atomic E-state index is 0.0667. The van der Waals surface area contributed by atoms with E-state index in [0.29, 0.717) is 5.02 Å². The Labute approximate surface area is 99.7 Å². The Kier molecular flexibility index (Phi) is 4.31. The number of nitrogens with zero attached hydrogens (tertiary/aromatic N) is 1. The summed E-state index contributed by atoms with van der Waals surface area (Å²) < 4.78 is 0. The highest BCUT2D eigenvalue weighted by Crippen LogP contribution is 2.15. The van der Waals surface area contributed by atoms with Gasteiger partial charge in [0.1, 0.15) is 0 Å². The van der Waals surface area contributed by atoms with Gasteiger partial charge >= 0.3 is 0 Å². The van der Waals surface area contributed by atoms with Crippen LogP contribution in [0.1, 0.15) is 5.56 Å². The van der Waals surface area contributed by atoms with Crippen LogP contribution in [0.3, 0.4) is 0 Å². The first-order chi connectivity index (χ1) is 7.50. The Morgan fingerprint density at radius 1 is 1.44 bits per heavy atom. The third-order valence-electron chi connectivity index (χ3n) is 2.01. The average molecular weight is 240 g/mol. The van der Waals surface area contributed by atoms with Gasteiger partial charge in [-0.3, -0.25) is 15.5 Å². The first-order valence-corrected chi connectivity index (χ1v) is 5.17. The van der Waals surface area contributed by atoms with Gasteiger partial charge in [0.25, 0.3) is 0 Å². The average Bonchev–Trinajstić information content (AvgIpc) is 2.21. The fraction of sp³-hybridized carbons (Fsp3) is 0.273. The van der Waals surface area contributed by atoms with E-state index in [-0.39, 0.29) is 18.3 Å². The van der Waals surface area contributed by atoms with Crippen LogP contribution in [0.5, 0.6) is 0 Å². The van der Waals surface area contributed by atoms with Crippen molar-refractivity contribution in [2.75, 3.05) is 14.1 Å². The number of amides is 1. The molecule has 2 N–H and O–H groups in total. The molecule has 0 spiro atoms. The van der Waals surface area contributed by atoms with E-state index in [4.69, 9.17) is 17.0 Å². The number of hydrogen-bond donors (Lipinski definition) is 2. The number of halogens is 1. The molecule has 0 aliphatic rings. The van der Waals surface area contributed by atoms with Crippen LogP contribution in [0.25, 0.3) is 0 Å². The third-order valence-corrected chi connectivity index (χ3v) is 2.38. The van der Waals surface area contributed by atoms with E-state index in [1.165, 1.54) is 4.90 Å². The van der Waals surface area contributed by atoms with Gasteiger partial charge < -0.3 is 4.90 Å². The summed E-state index contributed by atoms with van der Waals surface area (Å²) in [6, 6.07) is 7.17. The number of guanidine groups is 1. The van der Waals surface area contributed by atoms with Crippen molar-refractivity contribution in [3.05, 3.63) is 34.9 Å². The van der Waals surface area contributed by atoms with E-state index in [1.54, 1.807) is 26.2 Å². The molecular weight excluding hydrogens is 226 g/mol. The highest BCUT2D eigenvalue weighted by molar-refractivity contribution is 6.31. The monoisotopic (exact) mass is 239 g/mol. The van der Waals surface area contributed by atoms with Gasteiger partial charge in [-0.05, 0) is 11.6 Å². The zero-order chi connectivity index (χ0) is 12.1. The Bertz CT molecular complexity index is 404. The molecule has 4 nitrogen and oxygen atoms in total. The molecule has 0 aliphatic carbocycles. The van der Waals surface area contributed by atoms with Gasteiger partial charge in [0.2, 0.25) is 5.91 Å². The van der Waals surface area contributed by atoms with E-state index < -0.39 is 0 Å². The van der Waals surface area contributed by atoms with Crippen LogP contribution in [0.15, 0.2) is 24.3 Å². The van der Waals surface area contributed by atoms with Crippen molar-refractivity contribution in [3.8, 4) is 0 Å². The quantitative estimate of drug-likeness (QED) is 0.607. The number of carbonyl (C=O) groups excluding carboxylic acids is 1. The molecule has 0 atom stereocenters. The lowest BCUT2D eigenvalue weighted by atomic mass is 10.1. The van der Waals surface area contributed by atoms with E-state index in [0.717, 1.165) is 5.56 Å². The number of hydrogen-bond acceptors (Lipinski definition) is 2. The molecule has 0 saturated carbocycles. The van der Waals surface area contributed by atoms with Crippen LogP contribution < -0.4 is 5.32 Å². The van der Waals surface area contributed by atoms with Crippen LogP contribution >= 0.6 is 11.6 Å². The van der Waals surface area contributed by atoms with Crippen LogP contribution in [-0.4, -0.2) is 30.9 Å². The molecule has 16 heavy (non-hydrogen) atoms. The van der Waals surface area contributed by atoms with Crippen LogP contribution in [-0.2, 0) is 11.2 Å². The molecule has 0 saturated heterocycles. The highest BCUT2D eigenvalue weighted by Gasteiger charge is 2.08. The molecule has 0 aromatic heterocycles. The number of carbonyl (C=O) groups is 1. The van der Waals surface area contributed by atoms with Crippen molar-refractivity contribution in [1.29, 1.82) is 5.41 Å². The van der Waals surface area contributed by atoms with Gasteiger partial charge in [-0.25, -0.2) is 0 Å². The predicted octanol–water partition coefficient (Wildman–Crippen LogP) is 1.50. The topological polar surface area (TPSA) is 56.2 Å². The zero-order valence-corrected chi connectivity index (χ0v) is 10.0. The van der Waals surface area contributed by atoms with Gasteiger partial charge in [0.15, 0.2) is 5.96 Å². The van der Waals surface area contributed by atoms with E-state index in [1.807, 2.05) is 12.1 Å². The van der Waals surface area contributed by atoms with Crippen LogP contribution in [0.4, 0.5) is 0 Å². The Morgan fingerprint density at radius 3 is 2.62 bits per heavy atom. The summed E-state index contributed by atoms with van der Waals surface area (Å²) in [7, 11) is 3.39. The van der Waals surface area contributed by atoms with Gasteiger partial charge in [0, 0.05) is 19.1 Å². The maximum Gasteiger partial charge on any atom is 0.231 e. The zero-order valence-electron chi connectivity index (χ0n) is 9.25. The molecule has 86 valence electrons. The van der Waals surface area contributed by atoms with Crippen molar-refractivity contribution >= 4 is 23.5 Å². The molecule has 0 radical (unpaired) electrons. The summed E-state index contributed by atoms with van der Waals surface area (Å²) in [4.78, 5) is 13.1. The van der Waals surface area contributed by atoms with E-state index >= 15 is 0 Å². The lowest BCUT2D eigenvalue weighted by Gasteiger charge is -2.14. The van der Waals surface area contributed by atoms with Gasteiger partial charge in [0.05, 0.1) is 6.42 Å². The second kappa shape index (κ2) is 5.51.